The minimum atomic E-state index is 0. The molecule has 0 aliphatic heterocycles. The average molecular weight is 325 g/mol. The first kappa shape index (κ1) is 19.0. The summed E-state index contributed by atoms with van der Waals surface area (Å²) in [6, 6.07) is 8.78. The molecule has 0 spiro atoms. The Balaban J connectivity index is 0.00000242. The molecule has 2 rings (SSSR count). The molecule has 3 N–H and O–H groups in total. The van der Waals surface area contributed by atoms with Gasteiger partial charge >= 0.3 is 0 Å². The van der Waals surface area contributed by atoms with Crippen molar-refractivity contribution in [2.75, 3.05) is 0 Å². The molecule has 1 aliphatic carbocycles. The van der Waals surface area contributed by atoms with Gasteiger partial charge in [-0.2, -0.15) is 0 Å². The molecular formula is C18H29ClN2O. The molecule has 0 saturated heterocycles. The molecule has 0 aromatic heterocycles. The summed E-state index contributed by atoms with van der Waals surface area (Å²) in [6.45, 7) is 6.41. The lowest BCUT2D eigenvalue weighted by molar-refractivity contribution is -0.122. The van der Waals surface area contributed by atoms with Crippen molar-refractivity contribution in [1.82, 2.24) is 5.32 Å². The van der Waals surface area contributed by atoms with Crippen LogP contribution in [0.1, 0.15) is 69.5 Å². The van der Waals surface area contributed by atoms with Crippen molar-refractivity contribution >= 4 is 18.3 Å². The number of benzene rings is 1. The van der Waals surface area contributed by atoms with E-state index < -0.39 is 0 Å². The highest BCUT2D eigenvalue weighted by molar-refractivity contribution is 5.85. The van der Waals surface area contributed by atoms with Crippen LogP contribution in [0.15, 0.2) is 24.3 Å². The number of rotatable bonds is 5. The second-order valence-corrected chi connectivity index (χ2v) is 6.67. The summed E-state index contributed by atoms with van der Waals surface area (Å²) >= 11 is 0. The Kier molecular flexibility index (Phi) is 7.37. The summed E-state index contributed by atoms with van der Waals surface area (Å²) < 4.78 is 0. The zero-order valence-electron chi connectivity index (χ0n) is 13.8. The van der Waals surface area contributed by atoms with Gasteiger partial charge in [0.2, 0.25) is 5.91 Å². The molecule has 22 heavy (non-hydrogen) atoms. The predicted octanol–water partition coefficient (Wildman–Crippen LogP) is 3.93. The van der Waals surface area contributed by atoms with Gasteiger partial charge in [0.1, 0.15) is 0 Å². The van der Waals surface area contributed by atoms with E-state index in [0.29, 0.717) is 18.3 Å². The van der Waals surface area contributed by atoms with Crippen LogP contribution in [0.2, 0.25) is 0 Å². The molecule has 0 heterocycles. The predicted molar refractivity (Wildman–Crippen MR) is 94.3 cm³/mol. The fourth-order valence-electron chi connectivity index (χ4n) is 3.11. The molecule has 1 aromatic carbocycles. The highest BCUT2D eigenvalue weighted by Gasteiger charge is 2.26. The third-order valence-corrected chi connectivity index (χ3v) is 4.65. The van der Waals surface area contributed by atoms with E-state index in [-0.39, 0.29) is 30.4 Å². The second kappa shape index (κ2) is 8.54. The summed E-state index contributed by atoms with van der Waals surface area (Å²) in [5.74, 6) is 1.02. The molecule has 1 aliphatic rings. The minimum absolute atomic E-state index is 0. The smallest absolute Gasteiger partial charge is 0.220 e. The molecule has 1 aromatic rings. The third kappa shape index (κ3) is 4.99. The van der Waals surface area contributed by atoms with E-state index in [2.05, 4.69) is 43.4 Å². The van der Waals surface area contributed by atoms with Gasteiger partial charge in [-0.05, 0) is 42.7 Å². The Morgan fingerprint density at radius 2 is 1.77 bits per heavy atom. The number of carbonyl (C=O) groups excluding carboxylic acids is 1. The van der Waals surface area contributed by atoms with Crippen molar-refractivity contribution in [2.45, 2.75) is 64.5 Å². The third-order valence-electron chi connectivity index (χ3n) is 4.65. The first-order valence-corrected chi connectivity index (χ1v) is 8.12. The number of hydrogen-bond acceptors (Lipinski definition) is 2. The molecule has 4 heteroatoms. The molecule has 1 unspecified atom stereocenters. The number of carbonyl (C=O) groups is 1. The van der Waals surface area contributed by atoms with E-state index in [1.165, 1.54) is 5.56 Å². The zero-order chi connectivity index (χ0) is 15.4. The number of nitrogens with two attached hydrogens (primary N) is 1. The molecule has 124 valence electrons. The van der Waals surface area contributed by atoms with E-state index in [4.69, 9.17) is 5.73 Å². The Bertz CT molecular complexity index is 472. The first-order valence-electron chi connectivity index (χ1n) is 8.12. The van der Waals surface area contributed by atoms with E-state index in [1.807, 2.05) is 6.92 Å². The van der Waals surface area contributed by atoms with Gasteiger partial charge in [-0.3, -0.25) is 4.79 Å². The number of halogens is 1. The topological polar surface area (TPSA) is 55.1 Å². The maximum Gasteiger partial charge on any atom is 0.220 e. The zero-order valence-corrected chi connectivity index (χ0v) is 14.7. The van der Waals surface area contributed by atoms with Gasteiger partial charge in [0, 0.05) is 12.5 Å². The number of amides is 1. The Morgan fingerprint density at radius 3 is 2.27 bits per heavy atom. The molecule has 0 radical (unpaired) electrons. The Morgan fingerprint density at radius 1 is 1.18 bits per heavy atom. The standard InChI is InChI=1S/C18H28N2O.ClH/c1-12(2)14-7-9-15(10-8-14)13(3)20-18(21)11-16-5-4-6-17(16)19;/h7-10,12-13,16-17H,4-6,11,19H2,1-3H3,(H,20,21);1H/t13?,16-,17+;/m0./s1. The fourth-order valence-corrected chi connectivity index (χ4v) is 3.11. The summed E-state index contributed by atoms with van der Waals surface area (Å²) in [6.07, 6.45) is 3.87. The van der Waals surface area contributed by atoms with Crippen LogP contribution in [-0.2, 0) is 4.79 Å². The molecule has 1 saturated carbocycles. The van der Waals surface area contributed by atoms with Crippen molar-refractivity contribution in [3.05, 3.63) is 35.4 Å². The summed E-state index contributed by atoms with van der Waals surface area (Å²) in [5.41, 5.74) is 8.52. The highest BCUT2D eigenvalue weighted by Crippen LogP contribution is 2.27. The van der Waals surface area contributed by atoms with E-state index in [9.17, 15) is 4.79 Å². The van der Waals surface area contributed by atoms with Gasteiger partial charge in [0.05, 0.1) is 6.04 Å². The molecule has 3 atom stereocenters. The second-order valence-electron chi connectivity index (χ2n) is 6.67. The minimum Gasteiger partial charge on any atom is -0.350 e. The van der Waals surface area contributed by atoms with Crippen molar-refractivity contribution in [2.24, 2.45) is 11.7 Å². The molecule has 0 bridgehead atoms. The summed E-state index contributed by atoms with van der Waals surface area (Å²) in [4.78, 5) is 12.1. The van der Waals surface area contributed by atoms with E-state index >= 15 is 0 Å². The van der Waals surface area contributed by atoms with Crippen LogP contribution in [-0.4, -0.2) is 11.9 Å². The van der Waals surface area contributed by atoms with Gasteiger partial charge in [0.25, 0.3) is 0 Å². The highest BCUT2D eigenvalue weighted by atomic mass is 35.5. The first-order chi connectivity index (χ1) is 9.97. The average Bonchev–Trinajstić information content (AvgIpc) is 2.84. The summed E-state index contributed by atoms with van der Waals surface area (Å²) in [7, 11) is 0. The van der Waals surface area contributed by atoms with Crippen LogP contribution >= 0.6 is 12.4 Å². The van der Waals surface area contributed by atoms with Gasteiger partial charge in [0.15, 0.2) is 0 Å². The molecular weight excluding hydrogens is 296 g/mol. The van der Waals surface area contributed by atoms with Crippen LogP contribution in [0.5, 0.6) is 0 Å². The van der Waals surface area contributed by atoms with Crippen LogP contribution in [0, 0.1) is 5.92 Å². The van der Waals surface area contributed by atoms with Crippen molar-refractivity contribution in [1.29, 1.82) is 0 Å². The lowest BCUT2D eigenvalue weighted by atomic mass is 9.98. The molecule has 1 amide bonds. The van der Waals surface area contributed by atoms with Crippen LogP contribution in [0.3, 0.4) is 0 Å². The lowest BCUT2D eigenvalue weighted by Crippen LogP contribution is -2.32. The van der Waals surface area contributed by atoms with Crippen molar-refractivity contribution in [3.63, 3.8) is 0 Å². The van der Waals surface area contributed by atoms with Crippen LogP contribution in [0.25, 0.3) is 0 Å². The van der Waals surface area contributed by atoms with E-state index in [0.717, 1.165) is 24.8 Å². The Labute approximate surface area is 140 Å². The van der Waals surface area contributed by atoms with Gasteiger partial charge in [-0.1, -0.05) is 44.5 Å². The number of hydrogen-bond donors (Lipinski definition) is 2. The van der Waals surface area contributed by atoms with Crippen LogP contribution in [0.4, 0.5) is 0 Å². The normalized spacial score (nSPS) is 22.2. The maximum absolute atomic E-state index is 12.1. The van der Waals surface area contributed by atoms with Crippen molar-refractivity contribution in [3.8, 4) is 0 Å². The number of nitrogens with one attached hydrogen (secondary N) is 1. The van der Waals surface area contributed by atoms with E-state index in [1.54, 1.807) is 0 Å². The fraction of sp³-hybridized carbons (Fsp3) is 0.611. The largest absolute Gasteiger partial charge is 0.350 e. The van der Waals surface area contributed by atoms with Crippen LogP contribution < -0.4 is 11.1 Å². The molecule has 1 fully saturated rings. The molecule has 3 nitrogen and oxygen atoms in total. The van der Waals surface area contributed by atoms with Gasteiger partial charge in [-0.15, -0.1) is 12.4 Å². The maximum atomic E-state index is 12.1. The monoisotopic (exact) mass is 324 g/mol. The SMILES string of the molecule is CC(C)c1ccc(C(C)NC(=O)C[C@@H]2CCC[C@H]2N)cc1.Cl. The van der Waals surface area contributed by atoms with Gasteiger partial charge in [-0.25, -0.2) is 0 Å². The van der Waals surface area contributed by atoms with Crippen molar-refractivity contribution < 1.29 is 4.79 Å². The quantitative estimate of drug-likeness (QED) is 0.862. The van der Waals surface area contributed by atoms with Gasteiger partial charge < -0.3 is 11.1 Å². The summed E-state index contributed by atoms with van der Waals surface area (Å²) in [5, 5.41) is 3.10. The lowest BCUT2D eigenvalue weighted by Gasteiger charge is -2.19. The Hall–Kier alpha value is -1.06.